The number of anilines is 6. The molecule has 0 spiro atoms. The molecule has 0 N–H and O–H groups in total. The normalized spacial score (nSPS) is 11.9. The first kappa shape index (κ1) is 81.6. The van der Waals surface area contributed by atoms with Crippen LogP contribution in [0.3, 0.4) is 0 Å². The Kier molecular flexibility index (Phi) is 22.5. The van der Waals surface area contributed by atoms with E-state index in [0.29, 0.717) is 11.8 Å². The van der Waals surface area contributed by atoms with E-state index in [2.05, 4.69) is 469 Å². The van der Waals surface area contributed by atoms with Crippen LogP contribution in [0.4, 0.5) is 34.1 Å². The summed E-state index contributed by atoms with van der Waals surface area (Å²) in [5.41, 5.74) is 51.4. The molecule has 0 aliphatic heterocycles. The Balaban J connectivity index is 0.765. The van der Waals surface area contributed by atoms with Crippen LogP contribution < -0.4 is 9.80 Å². The molecule has 616 valence electrons. The van der Waals surface area contributed by atoms with Crippen molar-refractivity contribution >= 4 is 39.7 Å². The highest BCUT2D eigenvalue weighted by Gasteiger charge is 2.30. The first-order chi connectivity index (χ1) is 62.1. The second-order valence-corrected chi connectivity index (χ2v) is 34.1. The van der Waals surface area contributed by atoms with Gasteiger partial charge in [0.2, 0.25) is 11.8 Å². The number of hydrogen-bond acceptors (Lipinski definition) is 5. The number of rotatable bonds is 20. The molecule has 0 unspecified atom stereocenters. The zero-order chi connectivity index (χ0) is 87.1. The summed E-state index contributed by atoms with van der Waals surface area (Å²) in [4.78, 5) is 4.81. The van der Waals surface area contributed by atoms with Crippen molar-refractivity contribution in [3.8, 4) is 145 Å². The molecule has 18 aromatic rings. The SMILES string of the molecule is Cc1c(C2=CCCC=C2)c(C)c(-c2cccc(N(c3cccc(-c4nnc(-c5cccc(N(c6cccc(-c7c(C)c(-c8ccccc8)c(C)c(-c8ccccc8)c7C)c6)c6cccc(-c7c(C)c(-c8ccccc8)c(C)c(-c8ccccc8)c7C)c6)c5)o4)c3)c3cccc(-c4c(C)c(-c5ccccc5)c(C)c(-c5ccccc5)c4C)c3)c2)c(C)c1-c1ccccc1. The maximum Gasteiger partial charge on any atom is 0.248 e. The number of benzene rings is 17. The van der Waals surface area contributed by atoms with Gasteiger partial charge in [-0.15, -0.1) is 10.2 Å². The van der Waals surface area contributed by atoms with Crippen molar-refractivity contribution in [2.75, 3.05) is 9.80 Å². The molecule has 1 aromatic heterocycles. The van der Waals surface area contributed by atoms with Gasteiger partial charge in [0.25, 0.3) is 0 Å². The summed E-state index contributed by atoms with van der Waals surface area (Å²) in [5, 5.41) is 10.00. The lowest BCUT2D eigenvalue weighted by Crippen LogP contribution is -2.11. The Morgan fingerprint density at radius 2 is 0.370 bits per heavy atom. The van der Waals surface area contributed by atoms with Crippen LogP contribution in [0.5, 0.6) is 0 Å². The molecule has 17 aromatic carbocycles. The topological polar surface area (TPSA) is 45.4 Å². The molecule has 0 radical (unpaired) electrons. The summed E-state index contributed by atoms with van der Waals surface area (Å²) in [6.07, 6.45) is 9.14. The minimum absolute atomic E-state index is 0.397. The maximum atomic E-state index is 7.13. The summed E-state index contributed by atoms with van der Waals surface area (Å²) in [6.45, 7) is 27.7. The molecule has 0 fully saturated rings. The Morgan fingerprint density at radius 3 is 0.575 bits per heavy atom. The molecular weight excluding hydrogens is 1540 g/mol. The molecule has 1 aliphatic carbocycles. The van der Waals surface area contributed by atoms with E-state index in [-0.39, 0.29) is 0 Å². The summed E-state index contributed by atoms with van der Waals surface area (Å²) < 4.78 is 7.13. The minimum Gasteiger partial charge on any atom is -0.416 e. The lowest BCUT2D eigenvalue weighted by atomic mass is 9.80. The molecule has 1 aliphatic rings. The summed E-state index contributed by atoms with van der Waals surface area (Å²) in [7, 11) is 0. The van der Waals surface area contributed by atoms with E-state index < -0.39 is 0 Å². The summed E-state index contributed by atoms with van der Waals surface area (Å²) in [6, 6.07) is 130. The van der Waals surface area contributed by atoms with Crippen molar-refractivity contribution in [1.82, 2.24) is 10.2 Å². The van der Waals surface area contributed by atoms with E-state index in [1.54, 1.807) is 0 Å². The van der Waals surface area contributed by atoms with Gasteiger partial charge in [-0.2, -0.15) is 0 Å². The van der Waals surface area contributed by atoms with Crippen molar-refractivity contribution < 1.29 is 4.42 Å². The predicted octanol–water partition coefficient (Wildman–Crippen LogP) is 34.1. The maximum absolute atomic E-state index is 7.13. The third-order valence-electron chi connectivity index (χ3n) is 26.4. The lowest BCUT2D eigenvalue weighted by molar-refractivity contribution is 0.584. The highest BCUT2D eigenvalue weighted by atomic mass is 16.4. The lowest BCUT2D eigenvalue weighted by Gasteiger charge is -2.29. The first-order valence-corrected chi connectivity index (χ1v) is 44.4. The highest BCUT2D eigenvalue weighted by molar-refractivity contribution is 5.99. The average Bonchev–Trinajstić information content (AvgIpc) is 0.848. The van der Waals surface area contributed by atoms with Gasteiger partial charge in [0.15, 0.2) is 0 Å². The van der Waals surface area contributed by atoms with Crippen molar-refractivity contribution in [3.05, 3.63) is 448 Å². The molecule has 0 bridgehead atoms. The monoisotopic (exact) mass is 1640 g/mol. The van der Waals surface area contributed by atoms with Crippen LogP contribution in [-0.2, 0) is 0 Å². The van der Waals surface area contributed by atoms with Gasteiger partial charge in [-0.05, 0) is 381 Å². The number of aromatic nitrogens is 2. The number of nitrogens with zero attached hydrogens (tertiary/aromatic N) is 4. The highest BCUT2D eigenvalue weighted by Crippen LogP contribution is 2.53. The zero-order valence-corrected chi connectivity index (χ0v) is 74.4. The summed E-state index contributed by atoms with van der Waals surface area (Å²) >= 11 is 0. The quantitative estimate of drug-likeness (QED) is 0.0761. The van der Waals surface area contributed by atoms with Crippen molar-refractivity contribution in [3.63, 3.8) is 0 Å². The van der Waals surface area contributed by atoms with Crippen LogP contribution in [0.2, 0.25) is 0 Å². The molecule has 19 rings (SSSR count). The van der Waals surface area contributed by atoms with Crippen LogP contribution >= 0.6 is 0 Å². The van der Waals surface area contributed by atoms with Gasteiger partial charge in [0.05, 0.1) is 0 Å². The minimum atomic E-state index is 0.397. The number of allylic oxidation sites excluding steroid dienone is 4. The smallest absolute Gasteiger partial charge is 0.248 e. The second kappa shape index (κ2) is 34.9. The second-order valence-electron chi connectivity index (χ2n) is 34.1. The fourth-order valence-corrected chi connectivity index (χ4v) is 21.2. The fraction of sp³-hybridized carbons (Fsp3) is 0.115. The van der Waals surface area contributed by atoms with Gasteiger partial charge in [-0.25, -0.2) is 0 Å². The van der Waals surface area contributed by atoms with Crippen LogP contribution in [0.1, 0.15) is 85.2 Å². The Labute approximate surface area is 748 Å². The van der Waals surface area contributed by atoms with Gasteiger partial charge >= 0.3 is 0 Å². The van der Waals surface area contributed by atoms with Crippen molar-refractivity contribution in [2.24, 2.45) is 0 Å². The molecule has 0 atom stereocenters. The average molecular weight is 1640 g/mol. The Hall–Kier alpha value is -15.0. The van der Waals surface area contributed by atoms with Gasteiger partial charge in [-0.3, -0.25) is 0 Å². The van der Waals surface area contributed by atoms with Gasteiger partial charge in [0, 0.05) is 45.3 Å². The standard InChI is InChI=1S/C122H102N4O/c1-77-109(89-43-21-13-22-44-89)81(5)117(82(6)110(77)90-45-23-14-24-46-90)97-59-37-65-103(71-97)125(104-66-38-60-98(72-104)118-83(7)111(91-47-25-15-26-48-91)78(2)112(84(118)8)92-49-27-16-28-50-92)107-69-41-63-101(75-107)121-123-124-122(127-121)102-64-42-70-108(76-102)126(105-67-39-61-99(73-105)119-85(9)113(93-51-29-17-30-52-93)79(3)114(86(119)10)94-53-31-18-32-54-94)106-68-40-62-100(74-106)120-87(11)115(95-55-33-19-34-56-95)80(4)116(88(120)12)96-57-35-20-36-58-96/h13-19,21-35,37-76H,20,36H2,1-12H3. The number of hydrogen-bond donors (Lipinski definition) is 0. The van der Waals surface area contributed by atoms with E-state index in [9.17, 15) is 0 Å². The van der Waals surface area contributed by atoms with Gasteiger partial charge < -0.3 is 14.2 Å². The van der Waals surface area contributed by atoms with Crippen molar-refractivity contribution in [1.29, 1.82) is 0 Å². The molecule has 0 saturated carbocycles. The third-order valence-corrected chi connectivity index (χ3v) is 26.4. The Morgan fingerprint density at radius 1 is 0.189 bits per heavy atom. The molecule has 0 saturated heterocycles. The largest absolute Gasteiger partial charge is 0.416 e. The van der Waals surface area contributed by atoms with E-state index >= 15 is 0 Å². The van der Waals surface area contributed by atoms with E-state index in [0.717, 1.165) is 80.3 Å². The first-order valence-electron chi connectivity index (χ1n) is 44.4. The zero-order valence-electron chi connectivity index (χ0n) is 74.4. The molecule has 127 heavy (non-hydrogen) atoms. The van der Waals surface area contributed by atoms with Crippen LogP contribution in [0.15, 0.2) is 381 Å². The van der Waals surface area contributed by atoms with Gasteiger partial charge in [-0.1, -0.05) is 291 Å². The van der Waals surface area contributed by atoms with Crippen molar-refractivity contribution in [2.45, 2.75) is 95.9 Å². The van der Waals surface area contributed by atoms with Crippen LogP contribution in [-0.4, -0.2) is 10.2 Å². The van der Waals surface area contributed by atoms with Crippen LogP contribution in [0.25, 0.3) is 151 Å². The van der Waals surface area contributed by atoms with E-state index in [1.807, 2.05) is 0 Å². The van der Waals surface area contributed by atoms with Crippen LogP contribution in [0, 0.1) is 83.1 Å². The van der Waals surface area contributed by atoms with E-state index in [4.69, 9.17) is 14.6 Å². The predicted molar refractivity (Wildman–Crippen MR) is 538 cm³/mol. The molecule has 5 heteroatoms. The fourth-order valence-electron chi connectivity index (χ4n) is 21.2. The molecule has 0 amide bonds. The molecule has 5 nitrogen and oxygen atoms in total. The molecular formula is C122H102N4O. The Bertz CT molecular complexity index is 6900. The molecule has 1 heterocycles. The summed E-state index contributed by atoms with van der Waals surface area (Å²) in [5.74, 6) is 0.795. The van der Waals surface area contributed by atoms with Gasteiger partial charge in [0.1, 0.15) is 0 Å². The van der Waals surface area contributed by atoms with E-state index in [1.165, 1.54) is 178 Å². The third kappa shape index (κ3) is 15.2.